The average Bonchev–Trinajstić information content (AvgIpc) is 2.38. The van der Waals surface area contributed by atoms with Crippen LogP contribution in [0.5, 0.6) is 5.75 Å². The molecule has 0 spiro atoms. The zero-order chi connectivity index (χ0) is 13.1. The maximum atomic E-state index is 11.7. The monoisotopic (exact) mass is 252 g/mol. The Kier molecular flexibility index (Phi) is 3.86. The van der Waals surface area contributed by atoms with Gasteiger partial charge in [0.15, 0.2) is 5.82 Å². The van der Waals surface area contributed by atoms with Gasteiger partial charge in [-0.05, 0) is 26.2 Å². The molecule has 100 valence electrons. The number of H-pyrrole nitrogens is 1. The number of hydrogen-bond donors (Lipinski definition) is 2. The summed E-state index contributed by atoms with van der Waals surface area (Å²) in [6, 6.07) is 0.248. The van der Waals surface area contributed by atoms with Gasteiger partial charge in [0.25, 0.3) is 5.56 Å². The van der Waals surface area contributed by atoms with Gasteiger partial charge >= 0.3 is 0 Å². The molecule has 2 heterocycles. The second-order valence-electron chi connectivity index (χ2n) is 4.70. The number of piperidine rings is 1. The predicted molar refractivity (Wildman–Crippen MR) is 70.0 cm³/mol. The first-order chi connectivity index (χ1) is 8.65. The SMILES string of the molecule is COc1c(N2CCCCC2C(C)N)nc[nH]c1=O. The maximum absolute atomic E-state index is 11.7. The Hall–Kier alpha value is -1.56. The van der Waals surface area contributed by atoms with Crippen molar-refractivity contribution >= 4 is 5.82 Å². The zero-order valence-corrected chi connectivity index (χ0v) is 10.8. The van der Waals surface area contributed by atoms with Crippen LogP contribution in [-0.2, 0) is 0 Å². The molecule has 1 aliphatic rings. The molecule has 0 saturated carbocycles. The topological polar surface area (TPSA) is 84.2 Å². The van der Waals surface area contributed by atoms with Gasteiger partial charge in [-0.1, -0.05) is 0 Å². The molecule has 0 aromatic carbocycles. The average molecular weight is 252 g/mol. The lowest BCUT2D eigenvalue weighted by Gasteiger charge is -2.39. The van der Waals surface area contributed by atoms with Crippen molar-refractivity contribution in [3.05, 3.63) is 16.7 Å². The molecule has 0 amide bonds. The standard InChI is InChI=1S/C12H20N4O2/c1-8(13)9-5-3-4-6-16(9)11-10(18-2)12(17)15-7-14-11/h7-9H,3-6,13H2,1-2H3,(H,14,15,17). The van der Waals surface area contributed by atoms with Crippen LogP contribution in [0.3, 0.4) is 0 Å². The van der Waals surface area contributed by atoms with E-state index in [0.717, 1.165) is 25.8 Å². The fourth-order valence-electron chi connectivity index (χ4n) is 2.53. The number of methoxy groups -OCH3 is 1. The van der Waals surface area contributed by atoms with Gasteiger partial charge in [-0.2, -0.15) is 0 Å². The van der Waals surface area contributed by atoms with Gasteiger partial charge in [0.2, 0.25) is 5.75 Å². The Labute approximate surface area is 106 Å². The van der Waals surface area contributed by atoms with E-state index in [0.29, 0.717) is 5.82 Å². The number of nitrogens with two attached hydrogens (primary N) is 1. The number of ether oxygens (including phenoxy) is 1. The van der Waals surface area contributed by atoms with Crippen molar-refractivity contribution in [3.8, 4) is 5.75 Å². The Morgan fingerprint density at radius 2 is 2.39 bits per heavy atom. The smallest absolute Gasteiger partial charge is 0.295 e. The third kappa shape index (κ3) is 2.33. The van der Waals surface area contributed by atoms with Crippen LogP contribution in [-0.4, -0.2) is 35.7 Å². The summed E-state index contributed by atoms with van der Waals surface area (Å²) >= 11 is 0. The van der Waals surface area contributed by atoms with Crippen molar-refractivity contribution in [2.75, 3.05) is 18.6 Å². The Balaban J connectivity index is 2.39. The van der Waals surface area contributed by atoms with Crippen molar-refractivity contribution in [2.24, 2.45) is 5.73 Å². The lowest BCUT2D eigenvalue weighted by molar-refractivity contribution is 0.382. The molecule has 1 saturated heterocycles. The van der Waals surface area contributed by atoms with Crippen molar-refractivity contribution in [3.63, 3.8) is 0 Å². The summed E-state index contributed by atoms with van der Waals surface area (Å²) in [4.78, 5) is 20.6. The zero-order valence-electron chi connectivity index (χ0n) is 10.8. The highest BCUT2D eigenvalue weighted by Gasteiger charge is 2.29. The molecule has 18 heavy (non-hydrogen) atoms. The van der Waals surface area contributed by atoms with E-state index >= 15 is 0 Å². The van der Waals surface area contributed by atoms with Crippen LogP contribution in [0.1, 0.15) is 26.2 Å². The van der Waals surface area contributed by atoms with Crippen LogP contribution in [0, 0.1) is 0 Å². The second kappa shape index (κ2) is 5.39. The molecule has 2 rings (SSSR count). The highest BCUT2D eigenvalue weighted by molar-refractivity contribution is 5.52. The minimum absolute atomic E-state index is 0.0380. The highest BCUT2D eigenvalue weighted by Crippen LogP contribution is 2.28. The molecule has 0 aliphatic carbocycles. The van der Waals surface area contributed by atoms with Crippen LogP contribution in [0.2, 0.25) is 0 Å². The summed E-state index contributed by atoms with van der Waals surface area (Å²) < 4.78 is 5.17. The van der Waals surface area contributed by atoms with Crippen LogP contribution in [0.4, 0.5) is 5.82 Å². The van der Waals surface area contributed by atoms with E-state index in [1.54, 1.807) is 0 Å². The third-order valence-corrected chi connectivity index (χ3v) is 3.42. The summed E-state index contributed by atoms with van der Waals surface area (Å²) in [5.41, 5.74) is 5.78. The first-order valence-corrected chi connectivity index (χ1v) is 6.29. The molecule has 1 aromatic rings. The van der Waals surface area contributed by atoms with Crippen molar-refractivity contribution < 1.29 is 4.74 Å². The summed E-state index contributed by atoms with van der Waals surface area (Å²) in [6.07, 6.45) is 4.68. The van der Waals surface area contributed by atoms with Gasteiger partial charge in [0.1, 0.15) is 0 Å². The van der Waals surface area contributed by atoms with E-state index in [9.17, 15) is 4.79 Å². The Morgan fingerprint density at radius 1 is 1.61 bits per heavy atom. The fraction of sp³-hybridized carbons (Fsp3) is 0.667. The third-order valence-electron chi connectivity index (χ3n) is 3.42. The van der Waals surface area contributed by atoms with E-state index in [2.05, 4.69) is 14.9 Å². The minimum atomic E-state index is -0.253. The van der Waals surface area contributed by atoms with E-state index in [1.807, 2.05) is 6.92 Å². The van der Waals surface area contributed by atoms with Gasteiger partial charge < -0.3 is 20.4 Å². The maximum Gasteiger partial charge on any atom is 0.295 e. The van der Waals surface area contributed by atoms with Gasteiger partial charge in [-0.25, -0.2) is 4.98 Å². The second-order valence-corrected chi connectivity index (χ2v) is 4.70. The number of rotatable bonds is 3. The van der Waals surface area contributed by atoms with Gasteiger partial charge in [-0.3, -0.25) is 4.79 Å². The predicted octanol–water partition coefficient (Wildman–Crippen LogP) is 0.485. The first-order valence-electron chi connectivity index (χ1n) is 6.29. The Bertz CT molecular complexity index is 458. The summed E-state index contributed by atoms with van der Waals surface area (Å²) in [7, 11) is 1.49. The largest absolute Gasteiger partial charge is 0.489 e. The number of nitrogens with zero attached hydrogens (tertiary/aromatic N) is 2. The van der Waals surface area contributed by atoms with Crippen LogP contribution < -0.4 is 20.9 Å². The number of hydrogen-bond acceptors (Lipinski definition) is 5. The molecular weight excluding hydrogens is 232 g/mol. The first kappa shape index (κ1) is 12.9. The molecule has 1 aliphatic heterocycles. The molecule has 0 radical (unpaired) electrons. The summed E-state index contributed by atoms with van der Waals surface area (Å²) in [5.74, 6) is 0.869. The quantitative estimate of drug-likeness (QED) is 0.817. The van der Waals surface area contributed by atoms with E-state index in [1.165, 1.54) is 13.4 Å². The number of nitrogens with one attached hydrogen (secondary N) is 1. The van der Waals surface area contributed by atoms with Crippen molar-refractivity contribution in [2.45, 2.75) is 38.3 Å². The molecule has 3 N–H and O–H groups in total. The van der Waals surface area contributed by atoms with Gasteiger partial charge in [0.05, 0.1) is 13.4 Å². The molecule has 1 aromatic heterocycles. The fourth-order valence-corrected chi connectivity index (χ4v) is 2.53. The number of aromatic nitrogens is 2. The normalized spacial score (nSPS) is 21.7. The lowest BCUT2D eigenvalue weighted by atomic mass is 9.97. The highest BCUT2D eigenvalue weighted by atomic mass is 16.5. The molecular formula is C12H20N4O2. The van der Waals surface area contributed by atoms with Crippen LogP contribution >= 0.6 is 0 Å². The summed E-state index contributed by atoms with van der Waals surface area (Å²) in [5, 5.41) is 0. The molecule has 1 fully saturated rings. The van der Waals surface area contributed by atoms with E-state index in [-0.39, 0.29) is 23.4 Å². The number of anilines is 1. The molecule has 0 bridgehead atoms. The Morgan fingerprint density at radius 3 is 3.06 bits per heavy atom. The number of aromatic amines is 1. The van der Waals surface area contributed by atoms with Crippen molar-refractivity contribution in [1.82, 2.24) is 9.97 Å². The van der Waals surface area contributed by atoms with Gasteiger partial charge in [-0.15, -0.1) is 0 Å². The van der Waals surface area contributed by atoms with E-state index < -0.39 is 0 Å². The molecule has 2 unspecified atom stereocenters. The van der Waals surface area contributed by atoms with E-state index in [4.69, 9.17) is 10.5 Å². The molecule has 2 atom stereocenters. The lowest BCUT2D eigenvalue weighted by Crippen LogP contribution is -2.50. The molecule has 6 heteroatoms. The minimum Gasteiger partial charge on any atom is -0.489 e. The van der Waals surface area contributed by atoms with Crippen molar-refractivity contribution in [1.29, 1.82) is 0 Å². The van der Waals surface area contributed by atoms with Crippen LogP contribution in [0.15, 0.2) is 11.1 Å². The van der Waals surface area contributed by atoms with Crippen LogP contribution in [0.25, 0.3) is 0 Å². The molecule has 6 nitrogen and oxygen atoms in total. The van der Waals surface area contributed by atoms with Gasteiger partial charge in [0, 0.05) is 18.6 Å². The summed E-state index contributed by atoms with van der Waals surface area (Å²) in [6.45, 7) is 2.85.